The first-order chi connectivity index (χ1) is 23.3. The molecule has 0 aliphatic heterocycles. The molecule has 9 nitrogen and oxygen atoms in total. The fourth-order valence-electron chi connectivity index (χ4n) is 5.54. The molecule has 0 saturated carbocycles. The number of sulfonamides is 1. The van der Waals surface area contributed by atoms with Crippen molar-refractivity contribution in [3.05, 3.63) is 118 Å². The van der Waals surface area contributed by atoms with Crippen LogP contribution < -0.4 is 19.1 Å². The Labute approximate surface area is 294 Å². The van der Waals surface area contributed by atoms with Gasteiger partial charge in [0.15, 0.2) is 11.5 Å². The third-order valence-electron chi connectivity index (χ3n) is 7.91. The summed E-state index contributed by atoms with van der Waals surface area (Å²) >= 11 is 6.34. The van der Waals surface area contributed by atoms with E-state index in [4.69, 9.17) is 21.1 Å². The fraction of sp³-hybridized carbons (Fsp3) is 0.316. The molecule has 4 aromatic carbocycles. The number of nitrogens with zero attached hydrogens (tertiary/aromatic N) is 2. The lowest BCUT2D eigenvalue weighted by Crippen LogP contribution is -2.53. The van der Waals surface area contributed by atoms with Gasteiger partial charge >= 0.3 is 0 Å². The third kappa shape index (κ3) is 9.77. The minimum Gasteiger partial charge on any atom is -0.493 e. The standard InChI is InChI=1S/C38H44ClN3O6S/c1-26(2)23-40-38(44)34(21-29-11-8-7-9-12-29)41(24-30-13-10-14-31(39)20-30)37(43)25-42(32-18-27(3)17-28(4)19-32)49(45,46)33-15-16-35(47-5)36(22-33)48-6/h7-20,22,26,34H,21,23-25H2,1-6H3,(H,40,44)/t34-/m1/s1. The van der Waals surface area contributed by atoms with Crippen molar-refractivity contribution in [3.63, 3.8) is 0 Å². The van der Waals surface area contributed by atoms with Crippen molar-refractivity contribution in [1.29, 1.82) is 0 Å². The van der Waals surface area contributed by atoms with Crippen molar-refractivity contribution in [2.45, 2.75) is 51.6 Å². The molecule has 4 aromatic rings. The highest BCUT2D eigenvalue weighted by Crippen LogP contribution is 2.33. The van der Waals surface area contributed by atoms with E-state index < -0.39 is 28.5 Å². The predicted molar refractivity (Wildman–Crippen MR) is 194 cm³/mol. The number of aryl methyl sites for hydroxylation is 2. The van der Waals surface area contributed by atoms with Gasteiger partial charge in [-0.05, 0) is 78.4 Å². The van der Waals surface area contributed by atoms with Gasteiger partial charge in [0.25, 0.3) is 10.0 Å². The third-order valence-corrected chi connectivity index (χ3v) is 9.92. The van der Waals surface area contributed by atoms with E-state index in [0.29, 0.717) is 28.6 Å². The maximum atomic E-state index is 14.7. The molecule has 1 N–H and O–H groups in total. The lowest BCUT2D eigenvalue weighted by molar-refractivity contribution is -0.140. The van der Waals surface area contributed by atoms with Crippen LogP contribution in [-0.2, 0) is 32.6 Å². The van der Waals surface area contributed by atoms with E-state index in [1.165, 1.54) is 37.3 Å². The zero-order valence-corrected chi connectivity index (χ0v) is 30.3. The fourth-order valence-corrected chi connectivity index (χ4v) is 7.16. The van der Waals surface area contributed by atoms with Crippen LogP contribution >= 0.6 is 11.6 Å². The van der Waals surface area contributed by atoms with E-state index in [9.17, 15) is 18.0 Å². The number of nitrogens with one attached hydrogen (secondary N) is 1. The SMILES string of the molecule is COc1ccc(S(=O)(=O)N(CC(=O)N(Cc2cccc(Cl)c2)[C@H](Cc2ccccc2)C(=O)NCC(C)C)c2cc(C)cc(C)c2)cc1OC. The van der Waals surface area contributed by atoms with Crippen LogP contribution in [0.25, 0.3) is 0 Å². The molecular formula is C38H44ClN3O6S. The number of benzene rings is 4. The average molecular weight is 706 g/mol. The van der Waals surface area contributed by atoms with Gasteiger partial charge in [0.1, 0.15) is 12.6 Å². The molecule has 1 atom stereocenters. The second-order valence-corrected chi connectivity index (χ2v) is 14.7. The molecule has 2 amide bonds. The van der Waals surface area contributed by atoms with Crippen LogP contribution in [0.2, 0.25) is 5.02 Å². The average Bonchev–Trinajstić information content (AvgIpc) is 3.07. The number of rotatable bonds is 15. The quantitative estimate of drug-likeness (QED) is 0.150. The second kappa shape index (κ2) is 16.7. The zero-order valence-electron chi connectivity index (χ0n) is 28.8. The molecule has 0 radical (unpaired) electrons. The van der Waals surface area contributed by atoms with Gasteiger partial charge in [-0.2, -0.15) is 0 Å². The van der Waals surface area contributed by atoms with Gasteiger partial charge in [0, 0.05) is 30.6 Å². The van der Waals surface area contributed by atoms with Crippen LogP contribution in [0.5, 0.6) is 11.5 Å². The van der Waals surface area contributed by atoms with Crippen LogP contribution in [0.15, 0.2) is 95.9 Å². The number of ether oxygens (including phenoxy) is 2. The summed E-state index contributed by atoms with van der Waals surface area (Å²) in [5.41, 5.74) is 3.49. The van der Waals surface area contributed by atoms with Crippen molar-refractivity contribution >= 4 is 39.1 Å². The van der Waals surface area contributed by atoms with E-state index in [1.54, 1.807) is 30.3 Å². The zero-order chi connectivity index (χ0) is 35.7. The number of methoxy groups -OCH3 is 2. The van der Waals surface area contributed by atoms with Crippen LogP contribution in [0.1, 0.15) is 36.1 Å². The molecule has 11 heteroatoms. The van der Waals surface area contributed by atoms with Crippen molar-refractivity contribution in [2.75, 3.05) is 31.6 Å². The van der Waals surface area contributed by atoms with Crippen molar-refractivity contribution in [3.8, 4) is 11.5 Å². The Morgan fingerprint density at radius 3 is 2.08 bits per heavy atom. The van der Waals surface area contributed by atoms with Gasteiger partial charge in [0.2, 0.25) is 11.8 Å². The molecule has 0 saturated heterocycles. The van der Waals surface area contributed by atoms with Crippen LogP contribution in [0, 0.1) is 19.8 Å². The first-order valence-corrected chi connectivity index (χ1v) is 17.8. The topological polar surface area (TPSA) is 105 Å². The number of amides is 2. The van der Waals surface area contributed by atoms with Crippen LogP contribution in [0.3, 0.4) is 0 Å². The minimum atomic E-state index is -4.35. The first kappa shape index (κ1) is 37.3. The molecule has 0 aliphatic rings. The Balaban J connectivity index is 1.85. The minimum absolute atomic E-state index is 0.0169. The lowest BCUT2D eigenvalue weighted by atomic mass is 10.0. The maximum Gasteiger partial charge on any atom is 0.264 e. The van der Waals surface area contributed by atoms with E-state index >= 15 is 0 Å². The molecule has 0 spiro atoms. The van der Waals surface area contributed by atoms with Crippen LogP contribution in [0.4, 0.5) is 5.69 Å². The van der Waals surface area contributed by atoms with E-state index in [1.807, 2.05) is 70.2 Å². The van der Waals surface area contributed by atoms with Gasteiger partial charge in [-0.15, -0.1) is 0 Å². The number of hydrogen-bond donors (Lipinski definition) is 1. The normalized spacial score (nSPS) is 11.9. The highest BCUT2D eigenvalue weighted by Gasteiger charge is 2.35. The lowest BCUT2D eigenvalue weighted by Gasteiger charge is -2.34. The highest BCUT2D eigenvalue weighted by molar-refractivity contribution is 7.92. The Morgan fingerprint density at radius 2 is 1.47 bits per heavy atom. The molecule has 260 valence electrons. The molecule has 0 aliphatic carbocycles. The molecular weight excluding hydrogens is 662 g/mol. The Bertz CT molecular complexity index is 1850. The largest absolute Gasteiger partial charge is 0.493 e. The number of carbonyl (C=O) groups excluding carboxylic acids is 2. The van der Waals surface area contributed by atoms with E-state index in [0.717, 1.165) is 21.0 Å². The summed E-state index contributed by atoms with van der Waals surface area (Å²) in [6, 6.07) is 25.2. The summed E-state index contributed by atoms with van der Waals surface area (Å²) in [6.45, 7) is 7.54. The predicted octanol–water partition coefficient (Wildman–Crippen LogP) is 6.58. The molecule has 0 unspecified atom stereocenters. The molecule has 0 bridgehead atoms. The Kier molecular flexibility index (Phi) is 12.7. The summed E-state index contributed by atoms with van der Waals surface area (Å²) in [6.07, 6.45) is 0.211. The van der Waals surface area contributed by atoms with Gasteiger partial charge in [-0.1, -0.05) is 74.0 Å². The van der Waals surface area contributed by atoms with Crippen molar-refractivity contribution in [1.82, 2.24) is 10.2 Å². The molecule has 0 heterocycles. The smallest absolute Gasteiger partial charge is 0.264 e. The molecule has 0 aromatic heterocycles. The van der Waals surface area contributed by atoms with Gasteiger partial charge < -0.3 is 19.7 Å². The monoisotopic (exact) mass is 705 g/mol. The van der Waals surface area contributed by atoms with Crippen molar-refractivity contribution in [2.24, 2.45) is 5.92 Å². The van der Waals surface area contributed by atoms with Gasteiger partial charge in [-0.25, -0.2) is 8.42 Å². The number of anilines is 1. The number of carbonyl (C=O) groups is 2. The van der Waals surface area contributed by atoms with Gasteiger partial charge in [-0.3, -0.25) is 13.9 Å². The van der Waals surface area contributed by atoms with E-state index in [-0.39, 0.29) is 35.4 Å². The second-order valence-electron chi connectivity index (χ2n) is 12.4. The maximum absolute atomic E-state index is 14.7. The summed E-state index contributed by atoms with van der Waals surface area (Å²) in [4.78, 5) is 30.0. The molecule has 4 rings (SSSR count). The van der Waals surface area contributed by atoms with Crippen LogP contribution in [-0.4, -0.2) is 58.5 Å². The number of halogens is 1. The summed E-state index contributed by atoms with van der Waals surface area (Å²) < 4.78 is 40.9. The Morgan fingerprint density at radius 1 is 0.816 bits per heavy atom. The van der Waals surface area contributed by atoms with Crippen molar-refractivity contribution < 1.29 is 27.5 Å². The molecule has 0 fully saturated rings. The summed E-state index contributed by atoms with van der Waals surface area (Å²) in [7, 11) is -1.47. The summed E-state index contributed by atoms with van der Waals surface area (Å²) in [5.74, 6) is -0.149. The molecule has 49 heavy (non-hydrogen) atoms. The number of hydrogen-bond acceptors (Lipinski definition) is 6. The highest BCUT2D eigenvalue weighted by atomic mass is 35.5. The summed E-state index contributed by atoms with van der Waals surface area (Å²) in [5, 5.41) is 3.47. The van der Waals surface area contributed by atoms with Gasteiger partial charge in [0.05, 0.1) is 24.8 Å². The van der Waals surface area contributed by atoms with E-state index in [2.05, 4.69) is 5.32 Å². The Hall–Kier alpha value is -4.54. The first-order valence-electron chi connectivity index (χ1n) is 16.0.